The van der Waals surface area contributed by atoms with Crippen molar-refractivity contribution in [2.45, 2.75) is 40.7 Å². The Morgan fingerprint density at radius 3 is 2.25 bits per heavy atom. The lowest BCUT2D eigenvalue weighted by Gasteiger charge is -2.25. The quantitative estimate of drug-likeness (QED) is 0.656. The van der Waals surface area contributed by atoms with Crippen LogP contribution in [0.25, 0.3) is 0 Å². The molecule has 0 heterocycles. The highest BCUT2D eigenvalue weighted by Crippen LogP contribution is 2.29. The fourth-order valence-corrected chi connectivity index (χ4v) is 1.66. The molecule has 0 bridgehead atoms. The van der Waals surface area contributed by atoms with Crippen LogP contribution in [0, 0.1) is 29.4 Å². The molecular formula is C14H21N3O3. The molecule has 0 saturated heterocycles. The van der Waals surface area contributed by atoms with Gasteiger partial charge in [0.05, 0.1) is 11.0 Å². The Hall–Kier alpha value is -1.95. The van der Waals surface area contributed by atoms with Crippen LogP contribution in [0.15, 0.2) is 12.1 Å². The van der Waals surface area contributed by atoms with Gasteiger partial charge in [-0.05, 0) is 36.5 Å². The minimum atomic E-state index is -0.747. The summed E-state index contributed by atoms with van der Waals surface area (Å²) in [4.78, 5) is 22.6. The van der Waals surface area contributed by atoms with Gasteiger partial charge in [0.2, 0.25) is 5.91 Å². The Balaban J connectivity index is 3.12. The van der Waals surface area contributed by atoms with Crippen LogP contribution >= 0.6 is 0 Å². The van der Waals surface area contributed by atoms with E-state index in [9.17, 15) is 14.9 Å². The molecule has 3 N–H and O–H groups in total. The van der Waals surface area contributed by atoms with Crippen molar-refractivity contribution >= 4 is 17.3 Å². The molecule has 1 atom stereocenters. The van der Waals surface area contributed by atoms with Crippen LogP contribution in [0.5, 0.6) is 0 Å². The third-order valence-electron chi connectivity index (χ3n) is 3.28. The molecule has 0 fully saturated rings. The van der Waals surface area contributed by atoms with Gasteiger partial charge in [0.15, 0.2) is 0 Å². The Morgan fingerprint density at radius 1 is 1.30 bits per heavy atom. The van der Waals surface area contributed by atoms with E-state index < -0.39 is 22.3 Å². The number of nitrogens with one attached hydrogen (secondary N) is 1. The van der Waals surface area contributed by atoms with E-state index in [1.54, 1.807) is 13.0 Å². The van der Waals surface area contributed by atoms with Crippen LogP contribution in [0.3, 0.4) is 0 Å². The number of rotatable bonds is 3. The topological polar surface area (TPSA) is 98.3 Å². The molecule has 1 aromatic carbocycles. The molecule has 0 aliphatic heterocycles. The zero-order valence-corrected chi connectivity index (χ0v) is 12.5. The second kappa shape index (κ2) is 5.58. The van der Waals surface area contributed by atoms with Crippen molar-refractivity contribution in [2.75, 3.05) is 5.32 Å². The summed E-state index contributed by atoms with van der Waals surface area (Å²) in [5.74, 6) is -0.427. The molecule has 1 aromatic rings. The molecular weight excluding hydrogens is 258 g/mol. The Bertz CT molecular complexity index is 547. The SMILES string of the molecule is Cc1cc(NC(=O)[C@@H](N)C(C)(C)C)c([N+](=O)[O-])cc1C. The summed E-state index contributed by atoms with van der Waals surface area (Å²) < 4.78 is 0. The predicted octanol–water partition coefficient (Wildman–Crippen LogP) is 2.52. The molecule has 110 valence electrons. The van der Waals surface area contributed by atoms with Gasteiger partial charge in [-0.2, -0.15) is 0 Å². The first-order chi connectivity index (χ1) is 9.04. The van der Waals surface area contributed by atoms with Gasteiger partial charge >= 0.3 is 0 Å². The van der Waals surface area contributed by atoms with Crippen molar-refractivity contribution in [1.29, 1.82) is 0 Å². The number of carbonyl (C=O) groups excluding carboxylic acids is 1. The average Bonchev–Trinajstić information content (AvgIpc) is 2.30. The van der Waals surface area contributed by atoms with E-state index >= 15 is 0 Å². The number of nitro benzene ring substituents is 1. The Labute approximate surface area is 118 Å². The van der Waals surface area contributed by atoms with Crippen LogP contribution in [-0.4, -0.2) is 16.9 Å². The van der Waals surface area contributed by atoms with Crippen molar-refractivity contribution in [3.8, 4) is 0 Å². The van der Waals surface area contributed by atoms with Gasteiger partial charge in [-0.15, -0.1) is 0 Å². The van der Waals surface area contributed by atoms with Crippen molar-refractivity contribution in [2.24, 2.45) is 11.1 Å². The Kier molecular flexibility index (Phi) is 4.50. The summed E-state index contributed by atoms with van der Waals surface area (Å²) in [7, 11) is 0. The molecule has 1 rings (SSSR count). The van der Waals surface area contributed by atoms with Gasteiger partial charge in [-0.3, -0.25) is 14.9 Å². The number of carbonyl (C=O) groups is 1. The zero-order valence-electron chi connectivity index (χ0n) is 12.5. The van der Waals surface area contributed by atoms with Crippen molar-refractivity contribution in [1.82, 2.24) is 0 Å². The first-order valence-electron chi connectivity index (χ1n) is 6.36. The van der Waals surface area contributed by atoms with Gasteiger partial charge in [0, 0.05) is 6.07 Å². The lowest BCUT2D eigenvalue weighted by atomic mass is 9.87. The zero-order chi connectivity index (χ0) is 15.7. The van der Waals surface area contributed by atoms with E-state index in [0.29, 0.717) is 0 Å². The van der Waals surface area contributed by atoms with Crippen LogP contribution in [0.1, 0.15) is 31.9 Å². The maximum absolute atomic E-state index is 12.1. The molecule has 0 radical (unpaired) electrons. The van der Waals surface area contributed by atoms with E-state index in [4.69, 9.17) is 5.73 Å². The fourth-order valence-electron chi connectivity index (χ4n) is 1.66. The largest absolute Gasteiger partial charge is 0.319 e. The Morgan fingerprint density at radius 2 is 1.80 bits per heavy atom. The molecule has 0 aliphatic carbocycles. The van der Waals surface area contributed by atoms with Gasteiger partial charge in [-0.25, -0.2) is 0 Å². The van der Waals surface area contributed by atoms with Crippen molar-refractivity contribution in [3.63, 3.8) is 0 Å². The standard InChI is InChI=1S/C14H21N3O3/c1-8-6-10(11(17(19)20)7-9(8)2)16-13(18)12(15)14(3,4)5/h6-7,12H,15H2,1-5H3,(H,16,18)/t12-/m1/s1. The molecule has 0 aromatic heterocycles. The molecule has 0 unspecified atom stereocenters. The summed E-state index contributed by atoms with van der Waals surface area (Å²) in [6.07, 6.45) is 0. The number of nitro groups is 1. The normalized spacial score (nSPS) is 12.9. The number of nitrogens with zero attached hydrogens (tertiary/aromatic N) is 1. The van der Waals surface area contributed by atoms with E-state index in [1.165, 1.54) is 6.07 Å². The molecule has 20 heavy (non-hydrogen) atoms. The van der Waals surface area contributed by atoms with Crippen LogP contribution in [0.4, 0.5) is 11.4 Å². The fraction of sp³-hybridized carbons (Fsp3) is 0.500. The first kappa shape index (κ1) is 16.1. The third-order valence-corrected chi connectivity index (χ3v) is 3.28. The van der Waals surface area contributed by atoms with E-state index in [2.05, 4.69) is 5.32 Å². The van der Waals surface area contributed by atoms with Gasteiger partial charge in [0.1, 0.15) is 5.69 Å². The summed E-state index contributed by atoms with van der Waals surface area (Å²) in [5.41, 5.74) is 7.17. The lowest BCUT2D eigenvalue weighted by Crippen LogP contribution is -2.45. The van der Waals surface area contributed by atoms with Crippen molar-refractivity contribution < 1.29 is 9.72 Å². The highest BCUT2D eigenvalue weighted by molar-refractivity contribution is 5.97. The molecule has 0 spiro atoms. The second-order valence-electron chi connectivity index (χ2n) is 6.04. The van der Waals surface area contributed by atoms with Gasteiger partial charge < -0.3 is 11.1 Å². The number of hydrogen-bond donors (Lipinski definition) is 2. The molecule has 0 saturated carbocycles. The lowest BCUT2D eigenvalue weighted by molar-refractivity contribution is -0.384. The maximum atomic E-state index is 12.1. The summed E-state index contributed by atoms with van der Waals surface area (Å²) in [6, 6.07) is 2.30. The van der Waals surface area contributed by atoms with Crippen molar-refractivity contribution in [3.05, 3.63) is 33.4 Å². The van der Waals surface area contributed by atoms with Gasteiger partial charge in [-0.1, -0.05) is 20.8 Å². The molecule has 1 amide bonds. The number of amides is 1. The highest BCUT2D eigenvalue weighted by Gasteiger charge is 2.29. The molecule has 6 heteroatoms. The molecule has 0 aliphatic rings. The van der Waals surface area contributed by atoms with E-state index in [-0.39, 0.29) is 11.4 Å². The third kappa shape index (κ3) is 3.54. The number of hydrogen-bond acceptors (Lipinski definition) is 4. The minimum absolute atomic E-state index is 0.123. The molecule has 6 nitrogen and oxygen atoms in total. The minimum Gasteiger partial charge on any atom is -0.319 e. The summed E-state index contributed by atoms with van der Waals surface area (Å²) >= 11 is 0. The van der Waals surface area contributed by atoms with Crippen LogP contribution in [0.2, 0.25) is 0 Å². The smallest absolute Gasteiger partial charge is 0.293 e. The van der Waals surface area contributed by atoms with Crippen LogP contribution < -0.4 is 11.1 Å². The number of benzene rings is 1. The number of anilines is 1. The van der Waals surface area contributed by atoms with Crippen LogP contribution in [-0.2, 0) is 4.79 Å². The summed E-state index contributed by atoms with van der Waals surface area (Å²) in [5, 5.41) is 13.6. The highest BCUT2D eigenvalue weighted by atomic mass is 16.6. The predicted molar refractivity (Wildman–Crippen MR) is 78.6 cm³/mol. The number of nitrogens with two attached hydrogens (primary N) is 1. The monoisotopic (exact) mass is 279 g/mol. The first-order valence-corrected chi connectivity index (χ1v) is 6.36. The summed E-state index contributed by atoms with van der Waals surface area (Å²) in [6.45, 7) is 9.14. The van der Waals surface area contributed by atoms with E-state index in [0.717, 1.165) is 11.1 Å². The van der Waals surface area contributed by atoms with E-state index in [1.807, 2.05) is 27.7 Å². The number of aryl methyl sites for hydroxylation is 2. The van der Waals surface area contributed by atoms with Gasteiger partial charge in [0.25, 0.3) is 5.69 Å². The maximum Gasteiger partial charge on any atom is 0.293 e. The average molecular weight is 279 g/mol. The second-order valence-corrected chi connectivity index (χ2v) is 6.04.